The van der Waals surface area contributed by atoms with Crippen LogP contribution in [0.25, 0.3) is 0 Å². The highest BCUT2D eigenvalue weighted by Gasteiger charge is 2.17. The van der Waals surface area contributed by atoms with E-state index in [1.165, 1.54) is 18.7 Å². The zero-order valence-corrected chi connectivity index (χ0v) is 16.0. The van der Waals surface area contributed by atoms with E-state index in [1.807, 2.05) is 14.1 Å². The number of rotatable bonds is 7. The van der Waals surface area contributed by atoms with Gasteiger partial charge in [0.15, 0.2) is 5.78 Å². The van der Waals surface area contributed by atoms with Crippen LogP contribution in [0.2, 0.25) is 0 Å². The number of para-hydroxylation sites is 1. The third kappa shape index (κ3) is 5.16. The van der Waals surface area contributed by atoms with Crippen LogP contribution in [-0.2, 0) is 10.5 Å². The molecular formula is C17H22N6O2S. The first kappa shape index (κ1) is 19.6. The average Bonchev–Trinajstić information content (AvgIpc) is 2.59. The van der Waals surface area contributed by atoms with Gasteiger partial charge in [-0.3, -0.25) is 9.59 Å². The standard InChI is InChI=1S/C17H22N6O2S/c1-10(24)12-7-5-6-8-13(12)19-15(25)11(2)26-9-14-20-16(18)22-17(21-14)23(3)4/h5-8,11H,9H2,1-4H3,(H,19,25)(H2,18,20,21,22). The van der Waals surface area contributed by atoms with Crippen LogP contribution < -0.4 is 16.0 Å². The number of benzene rings is 1. The van der Waals surface area contributed by atoms with Gasteiger partial charge in [0.25, 0.3) is 0 Å². The van der Waals surface area contributed by atoms with Crippen molar-refractivity contribution in [1.29, 1.82) is 0 Å². The molecule has 2 aromatic rings. The average molecular weight is 374 g/mol. The number of nitrogen functional groups attached to an aromatic ring is 1. The predicted molar refractivity (Wildman–Crippen MR) is 104 cm³/mol. The van der Waals surface area contributed by atoms with E-state index in [4.69, 9.17) is 5.73 Å². The van der Waals surface area contributed by atoms with Gasteiger partial charge in [0.1, 0.15) is 5.82 Å². The molecule has 2 rings (SSSR count). The maximum Gasteiger partial charge on any atom is 0.237 e. The van der Waals surface area contributed by atoms with Crippen molar-refractivity contribution in [3.63, 3.8) is 0 Å². The van der Waals surface area contributed by atoms with Crippen molar-refractivity contribution in [2.24, 2.45) is 0 Å². The minimum Gasteiger partial charge on any atom is -0.368 e. The quantitative estimate of drug-likeness (QED) is 0.707. The molecule has 1 heterocycles. The summed E-state index contributed by atoms with van der Waals surface area (Å²) in [6, 6.07) is 6.93. The van der Waals surface area contributed by atoms with E-state index in [2.05, 4.69) is 20.3 Å². The molecule has 0 bridgehead atoms. The van der Waals surface area contributed by atoms with E-state index >= 15 is 0 Å². The van der Waals surface area contributed by atoms with Gasteiger partial charge in [-0.05, 0) is 26.0 Å². The first-order chi connectivity index (χ1) is 12.3. The Morgan fingerprint density at radius 2 is 1.92 bits per heavy atom. The lowest BCUT2D eigenvalue weighted by Crippen LogP contribution is -2.24. The van der Waals surface area contributed by atoms with E-state index in [0.717, 1.165) is 0 Å². The molecule has 1 aromatic carbocycles. The summed E-state index contributed by atoms with van der Waals surface area (Å²) in [5.41, 5.74) is 6.70. The number of Topliss-reactive ketones (excluding diaryl/α,β-unsaturated/α-hetero) is 1. The normalized spacial score (nSPS) is 11.7. The summed E-state index contributed by atoms with van der Waals surface area (Å²) in [5, 5.41) is 2.44. The molecule has 138 valence electrons. The van der Waals surface area contributed by atoms with Crippen LogP contribution in [0.4, 0.5) is 17.6 Å². The molecule has 9 heteroatoms. The summed E-state index contributed by atoms with van der Waals surface area (Å²) in [4.78, 5) is 38.3. The molecule has 0 saturated carbocycles. The lowest BCUT2D eigenvalue weighted by Gasteiger charge is -2.14. The molecule has 0 radical (unpaired) electrons. The van der Waals surface area contributed by atoms with Crippen molar-refractivity contribution in [2.45, 2.75) is 24.9 Å². The summed E-state index contributed by atoms with van der Waals surface area (Å²) in [5.74, 6) is 1.25. The van der Waals surface area contributed by atoms with Crippen LogP contribution >= 0.6 is 11.8 Å². The molecule has 1 aromatic heterocycles. The number of hydrogen-bond acceptors (Lipinski definition) is 8. The Morgan fingerprint density at radius 1 is 1.23 bits per heavy atom. The SMILES string of the molecule is CC(=O)c1ccccc1NC(=O)C(C)SCc1nc(N)nc(N(C)C)n1. The second-order valence-corrected chi connectivity index (χ2v) is 7.18. The third-order valence-corrected chi connectivity index (χ3v) is 4.62. The molecule has 0 spiro atoms. The molecule has 1 amide bonds. The van der Waals surface area contributed by atoms with Crippen LogP contribution in [-0.4, -0.2) is 46.0 Å². The highest BCUT2D eigenvalue weighted by Crippen LogP contribution is 2.21. The number of nitrogens with two attached hydrogens (primary N) is 1. The predicted octanol–water partition coefficient (Wildman–Crippen LogP) is 1.98. The number of ketones is 1. The van der Waals surface area contributed by atoms with Crippen molar-refractivity contribution >= 4 is 41.0 Å². The summed E-state index contributed by atoms with van der Waals surface area (Å²) >= 11 is 1.38. The number of nitrogens with zero attached hydrogens (tertiary/aromatic N) is 4. The summed E-state index contributed by atoms with van der Waals surface area (Å²) in [6.07, 6.45) is 0. The molecule has 26 heavy (non-hydrogen) atoms. The monoisotopic (exact) mass is 374 g/mol. The number of amides is 1. The summed E-state index contributed by atoms with van der Waals surface area (Å²) in [7, 11) is 3.63. The van der Waals surface area contributed by atoms with E-state index < -0.39 is 0 Å². The zero-order chi connectivity index (χ0) is 19.3. The van der Waals surface area contributed by atoms with Gasteiger partial charge >= 0.3 is 0 Å². The Bertz CT molecular complexity index is 812. The van der Waals surface area contributed by atoms with Crippen molar-refractivity contribution in [3.05, 3.63) is 35.7 Å². The molecule has 1 unspecified atom stereocenters. The molecule has 0 aliphatic rings. The number of anilines is 3. The fourth-order valence-electron chi connectivity index (χ4n) is 2.10. The molecule has 0 aliphatic heterocycles. The largest absolute Gasteiger partial charge is 0.368 e. The van der Waals surface area contributed by atoms with E-state index in [9.17, 15) is 9.59 Å². The number of nitrogens with one attached hydrogen (secondary N) is 1. The van der Waals surface area contributed by atoms with Crippen LogP contribution in [0.1, 0.15) is 30.0 Å². The van der Waals surface area contributed by atoms with Gasteiger partial charge in [0.05, 0.1) is 16.7 Å². The summed E-state index contributed by atoms with van der Waals surface area (Å²) < 4.78 is 0. The molecule has 0 fully saturated rings. The van der Waals surface area contributed by atoms with Gasteiger partial charge in [-0.15, -0.1) is 11.8 Å². The van der Waals surface area contributed by atoms with Crippen LogP contribution in [0.3, 0.4) is 0 Å². The topological polar surface area (TPSA) is 114 Å². The third-order valence-electron chi connectivity index (χ3n) is 3.48. The first-order valence-electron chi connectivity index (χ1n) is 7.98. The van der Waals surface area contributed by atoms with Crippen molar-refractivity contribution < 1.29 is 9.59 Å². The first-order valence-corrected chi connectivity index (χ1v) is 9.03. The van der Waals surface area contributed by atoms with E-state index in [1.54, 1.807) is 36.1 Å². The maximum atomic E-state index is 12.4. The van der Waals surface area contributed by atoms with Gasteiger partial charge in [-0.25, -0.2) is 0 Å². The molecule has 3 N–H and O–H groups in total. The number of carbonyl (C=O) groups excluding carboxylic acids is 2. The molecule has 1 atom stereocenters. The summed E-state index contributed by atoms with van der Waals surface area (Å²) in [6.45, 7) is 3.25. The van der Waals surface area contributed by atoms with Gasteiger partial charge in [0, 0.05) is 19.7 Å². The number of aromatic nitrogens is 3. The Balaban J connectivity index is 2.01. The van der Waals surface area contributed by atoms with Gasteiger partial charge in [-0.2, -0.15) is 15.0 Å². The minimum atomic E-state index is -0.365. The van der Waals surface area contributed by atoms with E-state index in [-0.39, 0.29) is 22.9 Å². The van der Waals surface area contributed by atoms with Crippen LogP contribution in [0.5, 0.6) is 0 Å². The van der Waals surface area contributed by atoms with Crippen LogP contribution in [0.15, 0.2) is 24.3 Å². The van der Waals surface area contributed by atoms with Crippen molar-refractivity contribution in [1.82, 2.24) is 15.0 Å². The Kier molecular flexibility index (Phi) is 6.51. The Labute approximate surface area is 156 Å². The molecular weight excluding hydrogens is 352 g/mol. The van der Waals surface area contributed by atoms with Crippen molar-refractivity contribution in [3.8, 4) is 0 Å². The Morgan fingerprint density at radius 3 is 2.58 bits per heavy atom. The minimum absolute atomic E-state index is 0.0990. The second kappa shape index (κ2) is 8.61. The molecule has 0 saturated heterocycles. The van der Waals surface area contributed by atoms with Crippen molar-refractivity contribution in [2.75, 3.05) is 30.0 Å². The number of carbonyl (C=O) groups is 2. The second-order valence-electron chi connectivity index (χ2n) is 5.85. The molecule has 8 nitrogen and oxygen atoms in total. The van der Waals surface area contributed by atoms with Crippen LogP contribution in [0, 0.1) is 0 Å². The van der Waals surface area contributed by atoms with E-state index in [0.29, 0.717) is 28.8 Å². The smallest absolute Gasteiger partial charge is 0.237 e. The molecule has 0 aliphatic carbocycles. The lowest BCUT2D eigenvalue weighted by molar-refractivity contribution is -0.115. The fraction of sp³-hybridized carbons (Fsp3) is 0.353. The number of hydrogen-bond donors (Lipinski definition) is 2. The van der Waals surface area contributed by atoms with Gasteiger partial charge < -0.3 is 16.0 Å². The zero-order valence-electron chi connectivity index (χ0n) is 15.2. The Hall–Kier alpha value is -2.68. The highest BCUT2D eigenvalue weighted by atomic mass is 32.2. The fourth-order valence-corrected chi connectivity index (χ4v) is 2.84. The maximum absolute atomic E-state index is 12.4. The lowest BCUT2D eigenvalue weighted by atomic mass is 10.1. The number of thioether (sulfide) groups is 1. The highest BCUT2D eigenvalue weighted by molar-refractivity contribution is 7.99. The van der Waals surface area contributed by atoms with Gasteiger partial charge in [-0.1, -0.05) is 12.1 Å². The van der Waals surface area contributed by atoms with Gasteiger partial charge in [0.2, 0.25) is 17.8 Å².